The summed E-state index contributed by atoms with van der Waals surface area (Å²) in [5.41, 5.74) is 0.796. The highest BCUT2D eigenvalue weighted by atomic mass is 19.4. The summed E-state index contributed by atoms with van der Waals surface area (Å²) in [6, 6.07) is 3.53. The molecule has 2 rings (SSSR count). The Bertz CT molecular complexity index is 573. The first-order chi connectivity index (χ1) is 9.59. The topological polar surface area (TPSA) is 41.5 Å². The zero-order valence-corrected chi connectivity index (χ0v) is 10.2. The van der Waals surface area contributed by atoms with Crippen LogP contribution >= 0.6 is 0 Å². The van der Waals surface area contributed by atoms with Crippen molar-refractivity contribution in [2.75, 3.05) is 0 Å². The number of benzene rings is 1. The van der Waals surface area contributed by atoms with E-state index in [9.17, 15) is 31.1 Å². The molecule has 1 aliphatic rings. The van der Waals surface area contributed by atoms with Gasteiger partial charge in [0.2, 0.25) is 0 Å². The van der Waals surface area contributed by atoms with Crippen molar-refractivity contribution in [3.8, 4) is 0 Å². The molecular formula is C12H8F6N2O. The predicted octanol–water partition coefficient (Wildman–Crippen LogP) is 3.11. The number of carbonyl (C=O) groups is 1. The fraction of sp³-hybridized carbons (Fsp3) is 0.333. The van der Waals surface area contributed by atoms with Gasteiger partial charge < -0.3 is 0 Å². The van der Waals surface area contributed by atoms with Crippen molar-refractivity contribution in [1.82, 2.24) is 5.43 Å². The first-order valence-corrected chi connectivity index (χ1v) is 5.70. The zero-order chi connectivity index (χ0) is 15.8. The number of amides is 1. The summed E-state index contributed by atoms with van der Waals surface area (Å²) >= 11 is 0. The van der Waals surface area contributed by atoms with Crippen molar-refractivity contribution >= 4 is 11.6 Å². The number of rotatable bonds is 1. The Balaban J connectivity index is 2.25. The Morgan fingerprint density at radius 3 is 2.10 bits per heavy atom. The summed E-state index contributed by atoms with van der Waals surface area (Å²) in [5, 5.41) is 3.47. The molecule has 0 radical (unpaired) electrons. The predicted molar refractivity (Wildman–Crippen MR) is 60.3 cm³/mol. The number of nitrogens with zero attached hydrogens (tertiary/aromatic N) is 1. The van der Waals surface area contributed by atoms with Crippen molar-refractivity contribution in [2.24, 2.45) is 11.0 Å². The van der Waals surface area contributed by atoms with Gasteiger partial charge in [0, 0.05) is 6.42 Å². The van der Waals surface area contributed by atoms with Gasteiger partial charge in [-0.2, -0.15) is 31.4 Å². The second kappa shape index (κ2) is 5.05. The highest BCUT2D eigenvalue weighted by Gasteiger charge is 2.47. The van der Waals surface area contributed by atoms with Gasteiger partial charge in [-0.05, 0) is 17.7 Å². The molecule has 3 nitrogen and oxygen atoms in total. The monoisotopic (exact) mass is 310 g/mol. The molecule has 1 atom stereocenters. The van der Waals surface area contributed by atoms with E-state index in [1.807, 2.05) is 0 Å². The number of nitrogens with one attached hydrogen (secondary N) is 1. The second-order valence-electron chi connectivity index (χ2n) is 4.41. The number of hydrogen-bond donors (Lipinski definition) is 1. The molecule has 1 N–H and O–H groups in total. The molecule has 1 aromatic carbocycles. The third kappa shape index (κ3) is 3.34. The van der Waals surface area contributed by atoms with Crippen molar-refractivity contribution in [3.05, 3.63) is 35.4 Å². The quantitative estimate of drug-likeness (QED) is 0.796. The van der Waals surface area contributed by atoms with Crippen LogP contribution in [0.1, 0.15) is 17.5 Å². The number of carbonyl (C=O) groups excluding carboxylic acids is 1. The summed E-state index contributed by atoms with van der Waals surface area (Å²) in [6.07, 6.45) is -9.98. The molecule has 0 bridgehead atoms. The number of alkyl halides is 6. The van der Waals surface area contributed by atoms with Gasteiger partial charge in [-0.3, -0.25) is 4.79 Å². The summed E-state index contributed by atoms with van der Waals surface area (Å²) in [5.74, 6) is -3.54. The molecule has 21 heavy (non-hydrogen) atoms. The van der Waals surface area contributed by atoms with Crippen molar-refractivity contribution in [3.63, 3.8) is 0 Å². The summed E-state index contributed by atoms with van der Waals surface area (Å²) in [7, 11) is 0. The van der Waals surface area contributed by atoms with Crippen LogP contribution in [0.4, 0.5) is 26.3 Å². The molecule has 1 amide bonds. The molecule has 1 aliphatic heterocycles. The Morgan fingerprint density at radius 1 is 1.05 bits per heavy atom. The Morgan fingerprint density at radius 2 is 1.62 bits per heavy atom. The molecule has 0 saturated carbocycles. The average Bonchev–Trinajstić information content (AvgIpc) is 2.37. The Kier molecular flexibility index (Phi) is 3.68. The molecule has 0 aromatic heterocycles. The first kappa shape index (κ1) is 15.3. The lowest BCUT2D eigenvalue weighted by atomic mass is 9.94. The van der Waals surface area contributed by atoms with Gasteiger partial charge in [0.1, 0.15) is 5.92 Å². The lowest BCUT2D eigenvalue weighted by molar-refractivity contribution is -0.182. The maximum atomic E-state index is 12.6. The van der Waals surface area contributed by atoms with E-state index in [0.29, 0.717) is 0 Å². The minimum atomic E-state index is -4.74. The van der Waals surface area contributed by atoms with Crippen LogP contribution in [0.2, 0.25) is 0 Å². The number of halogens is 6. The lowest BCUT2D eigenvalue weighted by Crippen LogP contribution is -2.42. The number of hydrogen-bond acceptors (Lipinski definition) is 2. The highest BCUT2D eigenvalue weighted by molar-refractivity contribution is 6.05. The summed E-state index contributed by atoms with van der Waals surface area (Å²) in [4.78, 5) is 11.1. The minimum Gasteiger partial charge on any atom is -0.272 e. The Labute approximate surface area is 114 Å². The molecule has 0 spiro atoms. The average molecular weight is 310 g/mol. The normalized spacial score (nSPS) is 20.0. The van der Waals surface area contributed by atoms with E-state index >= 15 is 0 Å². The van der Waals surface area contributed by atoms with Gasteiger partial charge in [-0.25, -0.2) is 5.43 Å². The first-order valence-electron chi connectivity index (χ1n) is 5.70. The molecule has 114 valence electrons. The molecule has 0 saturated heterocycles. The standard InChI is InChI=1S/C12H8F6N2O/c13-11(14,15)7-3-1-6(2-4-7)9-5-8(12(16,17)18)10(21)20-19-9/h1-4,8H,5H2,(H,20,21). The van der Waals surface area contributed by atoms with E-state index < -0.39 is 36.2 Å². The van der Waals surface area contributed by atoms with E-state index in [-0.39, 0.29) is 11.3 Å². The minimum absolute atomic E-state index is 0.0947. The molecule has 0 fully saturated rings. The van der Waals surface area contributed by atoms with Crippen LogP contribution in [0.25, 0.3) is 0 Å². The van der Waals surface area contributed by atoms with Crippen molar-refractivity contribution < 1.29 is 31.1 Å². The lowest BCUT2D eigenvalue weighted by Gasteiger charge is -2.23. The fourth-order valence-corrected chi connectivity index (χ4v) is 1.83. The van der Waals surface area contributed by atoms with Crippen LogP contribution in [-0.4, -0.2) is 17.8 Å². The zero-order valence-electron chi connectivity index (χ0n) is 10.2. The van der Waals surface area contributed by atoms with Gasteiger partial charge in [0.25, 0.3) is 5.91 Å². The number of hydrazone groups is 1. The second-order valence-corrected chi connectivity index (χ2v) is 4.41. The van der Waals surface area contributed by atoms with Gasteiger partial charge in [-0.1, -0.05) is 12.1 Å². The van der Waals surface area contributed by atoms with Crippen LogP contribution in [0.15, 0.2) is 29.4 Å². The Hall–Kier alpha value is -2.06. The van der Waals surface area contributed by atoms with E-state index in [4.69, 9.17) is 0 Å². The molecular weight excluding hydrogens is 302 g/mol. The van der Waals surface area contributed by atoms with Crippen molar-refractivity contribution in [2.45, 2.75) is 18.8 Å². The van der Waals surface area contributed by atoms with E-state index in [0.717, 1.165) is 24.3 Å². The summed E-state index contributed by atoms with van der Waals surface area (Å²) < 4.78 is 75.1. The van der Waals surface area contributed by atoms with Gasteiger partial charge in [0.15, 0.2) is 0 Å². The fourth-order valence-electron chi connectivity index (χ4n) is 1.83. The largest absolute Gasteiger partial charge is 0.416 e. The third-order valence-corrected chi connectivity index (χ3v) is 2.96. The van der Waals surface area contributed by atoms with Crippen LogP contribution in [0.3, 0.4) is 0 Å². The van der Waals surface area contributed by atoms with Crippen LogP contribution in [-0.2, 0) is 11.0 Å². The van der Waals surface area contributed by atoms with E-state index in [1.165, 1.54) is 0 Å². The van der Waals surface area contributed by atoms with E-state index in [2.05, 4.69) is 5.10 Å². The maximum absolute atomic E-state index is 12.6. The summed E-state index contributed by atoms with van der Waals surface area (Å²) in [6.45, 7) is 0. The smallest absolute Gasteiger partial charge is 0.272 e. The van der Waals surface area contributed by atoms with E-state index in [1.54, 1.807) is 5.43 Å². The molecule has 1 aromatic rings. The van der Waals surface area contributed by atoms with Crippen LogP contribution in [0.5, 0.6) is 0 Å². The molecule has 1 unspecified atom stereocenters. The molecule has 0 aliphatic carbocycles. The maximum Gasteiger partial charge on any atom is 0.416 e. The van der Waals surface area contributed by atoms with Gasteiger partial charge in [0.05, 0.1) is 11.3 Å². The van der Waals surface area contributed by atoms with Gasteiger partial charge >= 0.3 is 12.4 Å². The highest BCUT2D eigenvalue weighted by Crippen LogP contribution is 2.33. The molecule has 1 heterocycles. The third-order valence-electron chi connectivity index (χ3n) is 2.96. The SMILES string of the molecule is O=C1NN=C(c2ccc(C(F)(F)F)cc2)CC1C(F)(F)F. The van der Waals surface area contributed by atoms with Crippen LogP contribution in [0, 0.1) is 5.92 Å². The van der Waals surface area contributed by atoms with Gasteiger partial charge in [-0.15, -0.1) is 0 Å². The van der Waals surface area contributed by atoms with Crippen LogP contribution < -0.4 is 5.43 Å². The van der Waals surface area contributed by atoms with Crippen molar-refractivity contribution in [1.29, 1.82) is 0 Å². The molecule has 9 heteroatoms.